The average molecular weight is 354 g/mol. The zero-order valence-corrected chi connectivity index (χ0v) is 14.8. The van der Waals surface area contributed by atoms with Crippen molar-refractivity contribution in [1.82, 2.24) is 9.88 Å². The molecule has 2 aliphatic rings. The number of pyridine rings is 1. The van der Waals surface area contributed by atoms with Crippen LogP contribution < -0.4 is 15.0 Å². The number of benzene rings is 1. The fraction of sp³-hybridized carbons (Fsp3) is 0.400. The van der Waals surface area contributed by atoms with Gasteiger partial charge in [-0.05, 0) is 48.4 Å². The number of aromatic amines is 1. The number of piperidine rings is 1. The van der Waals surface area contributed by atoms with Crippen molar-refractivity contribution < 1.29 is 14.3 Å². The second-order valence-corrected chi connectivity index (χ2v) is 7.45. The van der Waals surface area contributed by atoms with Crippen LogP contribution in [-0.4, -0.2) is 35.7 Å². The number of carbonyl (C=O) groups is 1. The lowest BCUT2D eigenvalue weighted by Crippen LogP contribution is -2.45. The highest BCUT2D eigenvalue weighted by molar-refractivity contribution is 5.93. The molecule has 2 aliphatic heterocycles. The van der Waals surface area contributed by atoms with E-state index in [2.05, 4.69) is 18.0 Å². The molecule has 4 rings (SSSR count). The van der Waals surface area contributed by atoms with Gasteiger partial charge in [0.15, 0.2) is 11.5 Å². The standard InChI is InChI=1S/C20H22N2O4/c1-20(10-14-3-5-16-17(9-14)26-13-25-16)7-2-8-22(12-20)19(24)15-4-6-18(23)21-11-15/h3-6,9,11H,2,7-8,10,12-13H2,1H3,(H,21,23)/t20-/m0/s1. The SMILES string of the molecule is C[C@@]1(Cc2ccc3c(c2)OCO3)CCCN(C(=O)c2ccc(=O)[nH]c2)C1. The zero-order valence-electron chi connectivity index (χ0n) is 14.8. The molecule has 136 valence electrons. The monoisotopic (exact) mass is 354 g/mol. The van der Waals surface area contributed by atoms with E-state index >= 15 is 0 Å². The molecular weight excluding hydrogens is 332 g/mol. The summed E-state index contributed by atoms with van der Waals surface area (Å²) in [6.45, 7) is 3.94. The van der Waals surface area contributed by atoms with Crippen LogP contribution >= 0.6 is 0 Å². The van der Waals surface area contributed by atoms with Crippen LogP contribution in [0.15, 0.2) is 41.3 Å². The Balaban J connectivity index is 1.49. The van der Waals surface area contributed by atoms with Crippen LogP contribution in [0.5, 0.6) is 11.5 Å². The van der Waals surface area contributed by atoms with Gasteiger partial charge in [0.2, 0.25) is 12.4 Å². The van der Waals surface area contributed by atoms with Gasteiger partial charge >= 0.3 is 0 Å². The number of likely N-dealkylation sites (tertiary alicyclic amines) is 1. The number of carbonyl (C=O) groups excluding carboxylic acids is 1. The molecule has 1 atom stereocenters. The number of fused-ring (bicyclic) bond motifs is 1. The van der Waals surface area contributed by atoms with Gasteiger partial charge in [0.25, 0.3) is 5.91 Å². The highest BCUT2D eigenvalue weighted by Gasteiger charge is 2.34. The Hall–Kier alpha value is -2.76. The summed E-state index contributed by atoms with van der Waals surface area (Å²) in [5, 5.41) is 0. The summed E-state index contributed by atoms with van der Waals surface area (Å²) in [6, 6.07) is 9.04. The van der Waals surface area contributed by atoms with E-state index in [4.69, 9.17) is 9.47 Å². The summed E-state index contributed by atoms with van der Waals surface area (Å²) >= 11 is 0. The third kappa shape index (κ3) is 3.31. The molecule has 2 aromatic rings. The minimum Gasteiger partial charge on any atom is -0.454 e. The van der Waals surface area contributed by atoms with Gasteiger partial charge in [-0.15, -0.1) is 0 Å². The summed E-state index contributed by atoms with van der Waals surface area (Å²) in [7, 11) is 0. The highest BCUT2D eigenvalue weighted by atomic mass is 16.7. The average Bonchev–Trinajstić information content (AvgIpc) is 3.09. The maximum absolute atomic E-state index is 12.8. The van der Waals surface area contributed by atoms with Crippen molar-refractivity contribution in [3.05, 3.63) is 58.0 Å². The van der Waals surface area contributed by atoms with Gasteiger partial charge in [-0.25, -0.2) is 0 Å². The van der Waals surface area contributed by atoms with Crippen molar-refractivity contribution in [2.45, 2.75) is 26.2 Å². The number of hydrogen-bond donors (Lipinski definition) is 1. The normalized spacial score (nSPS) is 21.7. The summed E-state index contributed by atoms with van der Waals surface area (Å²) in [5.41, 5.74) is 1.52. The summed E-state index contributed by atoms with van der Waals surface area (Å²) in [6.07, 6.45) is 4.40. The van der Waals surface area contributed by atoms with Crippen molar-refractivity contribution in [1.29, 1.82) is 0 Å². The van der Waals surface area contributed by atoms with Gasteiger partial charge < -0.3 is 19.4 Å². The van der Waals surface area contributed by atoms with Gasteiger partial charge in [-0.2, -0.15) is 0 Å². The molecule has 1 saturated heterocycles. The van der Waals surface area contributed by atoms with Gasteiger partial charge in [0, 0.05) is 25.4 Å². The Morgan fingerprint density at radius 1 is 1.23 bits per heavy atom. The third-order valence-corrected chi connectivity index (χ3v) is 5.17. The molecule has 1 aromatic heterocycles. The lowest BCUT2D eigenvalue weighted by molar-refractivity contribution is 0.0550. The van der Waals surface area contributed by atoms with Gasteiger partial charge in [0.1, 0.15) is 0 Å². The number of hydrogen-bond acceptors (Lipinski definition) is 4. The Morgan fingerprint density at radius 3 is 2.88 bits per heavy atom. The number of aromatic nitrogens is 1. The van der Waals surface area contributed by atoms with Crippen LogP contribution in [0.25, 0.3) is 0 Å². The van der Waals surface area contributed by atoms with E-state index in [-0.39, 0.29) is 23.7 Å². The minimum absolute atomic E-state index is 0.00377. The summed E-state index contributed by atoms with van der Waals surface area (Å²) < 4.78 is 10.8. The van der Waals surface area contributed by atoms with Crippen LogP contribution in [0.2, 0.25) is 0 Å². The number of nitrogens with one attached hydrogen (secondary N) is 1. The molecule has 0 radical (unpaired) electrons. The molecule has 1 amide bonds. The fourth-order valence-electron chi connectivity index (χ4n) is 3.90. The van der Waals surface area contributed by atoms with Crippen LogP contribution in [0.1, 0.15) is 35.7 Å². The number of ether oxygens (including phenoxy) is 2. The van der Waals surface area contributed by atoms with Crippen molar-refractivity contribution in [2.24, 2.45) is 5.41 Å². The van der Waals surface area contributed by atoms with Gasteiger partial charge in [-0.1, -0.05) is 13.0 Å². The molecule has 26 heavy (non-hydrogen) atoms. The molecule has 0 aliphatic carbocycles. The van der Waals surface area contributed by atoms with Crippen molar-refractivity contribution in [3.63, 3.8) is 0 Å². The molecule has 3 heterocycles. The Labute approximate surface area is 151 Å². The smallest absolute Gasteiger partial charge is 0.255 e. The molecule has 0 saturated carbocycles. The van der Waals surface area contributed by atoms with E-state index in [1.807, 2.05) is 17.0 Å². The van der Waals surface area contributed by atoms with Crippen LogP contribution in [0, 0.1) is 5.41 Å². The first-order valence-corrected chi connectivity index (χ1v) is 8.89. The van der Waals surface area contributed by atoms with Crippen molar-refractivity contribution in [2.75, 3.05) is 19.9 Å². The summed E-state index contributed by atoms with van der Waals surface area (Å²) in [5.74, 6) is 1.55. The largest absolute Gasteiger partial charge is 0.454 e. The molecule has 1 N–H and O–H groups in total. The van der Waals surface area contributed by atoms with Crippen LogP contribution in [0.3, 0.4) is 0 Å². The number of rotatable bonds is 3. The predicted molar refractivity (Wildman–Crippen MR) is 96.6 cm³/mol. The first-order valence-electron chi connectivity index (χ1n) is 8.89. The lowest BCUT2D eigenvalue weighted by Gasteiger charge is -2.40. The van der Waals surface area contributed by atoms with Crippen molar-refractivity contribution >= 4 is 5.91 Å². The first kappa shape index (κ1) is 16.7. The summed E-state index contributed by atoms with van der Waals surface area (Å²) in [4.78, 5) is 28.4. The van der Waals surface area contributed by atoms with Gasteiger partial charge in [0.05, 0.1) is 5.56 Å². The second kappa shape index (κ2) is 6.52. The first-order chi connectivity index (χ1) is 12.5. The molecule has 0 spiro atoms. The van der Waals surface area contributed by atoms with E-state index in [0.29, 0.717) is 12.1 Å². The molecule has 1 fully saturated rings. The third-order valence-electron chi connectivity index (χ3n) is 5.17. The zero-order chi connectivity index (χ0) is 18.1. The molecule has 0 unspecified atom stereocenters. The van der Waals surface area contributed by atoms with E-state index in [9.17, 15) is 9.59 Å². The van der Waals surface area contributed by atoms with Gasteiger partial charge in [-0.3, -0.25) is 9.59 Å². The second-order valence-electron chi connectivity index (χ2n) is 7.45. The fourth-order valence-corrected chi connectivity index (χ4v) is 3.90. The Morgan fingerprint density at radius 2 is 2.08 bits per heavy atom. The molecule has 6 heteroatoms. The van der Waals surface area contributed by atoms with E-state index in [1.165, 1.54) is 17.8 Å². The van der Waals surface area contributed by atoms with Crippen LogP contribution in [0.4, 0.5) is 0 Å². The Bertz CT molecular complexity index is 871. The van der Waals surface area contributed by atoms with E-state index in [0.717, 1.165) is 37.3 Å². The van der Waals surface area contributed by atoms with E-state index in [1.54, 1.807) is 6.07 Å². The lowest BCUT2D eigenvalue weighted by atomic mass is 9.76. The molecule has 6 nitrogen and oxygen atoms in total. The number of amides is 1. The van der Waals surface area contributed by atoms with Crippen molar-refractivity contribution in [3.8, 4) is 11.5 Å². The predicted octanol–water partition coefficient (Wildman–Crippen LogP) is 2.59. The quantitative estimate of drug-likeness (QED) is 0.920. The molecule has 0 bridgehead atoms. The number of nitrogens with zero attached hydrogens (tertiary/aromatic N) is 1. The molecule has 1 aromatic carbocycles. The topological polar surface area (TPSA) is 71.6 Å². The molecular formula is C20H22N2O4. The number of H-pyrrole nitrogens is 1. The van der Waals surface area contributed by atoms with E-state index < -0.39 is 0 Å². The Kier molecular flexibility index (Phi) is 4.18. The van der Waals surface area contributed by atoms with Crippen LogP contribution in [-0.2, 0) is 6.42 Å². The maximum Gasteiger partial charge on any atom is 0.255 e. The minimum atomic E-state index is -0.201. The maximum atomic E-state index is 12.8. The highest BCUT2D eigenvalue weighted by Crippen LogP contribution is 2.37.